The van der Waals surface area contributed by atoms with Gasteiger partial charge in [0.25, 0.3) is 0 Å². The number of hydrogen-bond donors (Lipinski definition) is 0. The van der Waals surface area contributed by atoms with E-state index in [4.69, 9.17) is 11.1 Å². The molecule has 0 fully saturated rings. The lowest BCUT2D eigenvalue weighted by atomic mass is 10.2. The molecule has 0 aliphatic heterocycles. The minimum absolute atomic E-state index is 0.385. The van der Waals surface area contributed by atoms with E-state index in [-0.39, 0.29) is 0 Å². The first-order chi connectivity index (χ1) is 3.85. The molecule has 0 aliphatic rings. The zero-order valence-electron chi connectivity index (χ0n) is 7.03. The number of halogens is 1. The lowest BCUT2D eigenvalue weighted by Gasteiger charge is -2.26. The third-order valence-corrected chi connectivity index (χ3v) is 7.71. The maximum Gasteiger partial charge on any atom is 0.148 e. The molecule has 0 bridgehead atoms. The van der Waals surface area contributed by atoms with Gasteiger partial charge in [0.2, 0.25) is 0 Å². The summed E-state index contributed by atoms with van der Waals surface area (Å²) in [7, 11) is -0.992. The summed E-state index contributed by atoms with van der Waals surface area (Å²) in [5.74, 6) is 0. The van der Waals surface area contributed by atoms with Crippen LogP contribution in [0.1, 0.15) is 34.6 Å². The standard InChI is InChI=1S/C7H17ClSi/c1-6(2)9(8)7(3,4)5/h6,9H,1-5H3. The van der Waals surface area contributed by atoms with Crippen molar-refractivity contribution in [3.05, 3.63) is 0 Å². The van der Waals surface area contributed by atoms with Gasteiger partial charge in [-0.3, -0.25) is 0 Å². The highest BCUT2D eigenvalue weighted by atomic mass is 35.6. The molecule has 0 saturated heterocycles. The maximum atomic E-state index is 6.23. The van der Waals surface area contributed by atoms with E-state index in [1.165, 1.54) is 0 Å². The van der Waals surface area contributed by atoms with Crippen LogP contribution in [0.3, 0.4) is 0 Å². The second-order valence-electron chi connectivity index (χ2n) is 4.01. The Morgan fingerprint density at radius 1 is 1.22 bits per heavy atom. The van der Waals surface area contributed by atoms with Crippen LogP contribution in [0.25, 0.3) is 0 Å². The molecule has 1 unspecified atom stereocenters. The molecule has 0 nitrogen and oxygen atoms in total. The van der Waals surface area contributed by atoms with Crippen LogP contribution < -0.4 is 0 Å². The summed E-state index contributed by atoms with van der Waals surface area (Å²) in [6.45, 7) is 11.1. The van der Waals surface area contributed by atoms with Gasteiger partial charge in [0.05, 0.1) is 0 Å². The fourth-order valence-corrected chi connectivity index (χ4v) is 3.00. The van der Waals surface area contributed by atoms with Crippen LogP contribution in [0.2, 0.25) is 10.6 Å². The molecule has 0 aliphatic carbocycles. The predicted molar refractivity (Wildman–Crippen MR) is 47.8 cm³/mol. The molecule has 0 heterocycles. The van der Waals surface area contributed by atoms with Gasteiger partial charge in [-0.2, -0.15) is 11.1 Å². The van der Waals surface area contributed by atoms with Gasteiger partial charge < -0.3 is 0 Å². The fourth-order valence-electron chi connectivity index (χ4n) is 1.00. The average molecular weight is 165 g/mol. The molecule has 0 aromatic carbocycles. The Labute approximate surface area is 64.9 Å². The second-order valence-corrected chi connectivity index (χ2v) is 9.29. The van der Waals surface area contributed by atoms with Crippen LogP contribution in [0, 0.1) is 0 Å². The van der Waals surface area contributed by atoms with Crippen molar-refractivity contribution in [2.24, 2.45) is 0 Å². The third-order valence-electron chi connectivity index (χ3n) is 1.41. The molecule has 1 atom stereocenters. The van der Waals surface area contributed by atoms with Gasteiger partial charge in [0.15, 0.2) is 0 Å². The van der Waals surface area contributed by atoms with Crippen LogP contribution in [-0.4, -0.2) is 8.11 Å². The Hall–Kier alpha value is 0.507. The van der Waals surface area contributed by atoms with Gasteiger partial charge in [-0.25, -0.2) is 0 Å². The minimum atomic E-state index is -0.992. The molecule has 9 heavy (non-hydrogen) atoms. The Kier molecular flexibility index (Phi) is 3.24. The Morgan fingerprint density at radius 3 is 1.56 bits per heavy atom. The van der Waals surface area contributed by atoms with Crippen LogP contribution in [0.4, 0.5) is 0 Å². The molecule has 0 amide bonds. The molecule has 0 rings (SSSR count). The first-order valence-electron chi connectivity index (χ1n) is 3.49. The summed E-state index contributed by atoms with van der Waals surface area (Å²) >= 11 is 6.23. The summed E-state index contributed by atoms with van der Waals surface area (Å²) in [5.41, 5.74) is 0.715. The SMILES string of the molecule is CC(C)[SiH](Cl)C(C)(C)C. The second kappa shape index (κ2) is 3.06. The van der Waals surface area contributed by atoms with Gasteiger partial charge in [0, 0.05) is 0 Å². The van der Waals surface area contributed by atoms with Gasteiger partial charge in [0.1, 0.15) is 8.11 Å². The summed E-state index contributed by atoms with van der Waals surface area (Å²) < 4.78 is 0. The van der Waals surface area contributed by atoms with Gasteiger partial charge >= 0.3 is 0 Å². The molecular formula is C7H17ClSi. The van der Waals surface area contributed by atoms with Crippen molar-refractivity contribution in [1.29, 1.82) is 0 Å². The van der Waals surface area contributed by atoms with E-state index in [0.717, 1.165) is 0 Å². The summed E-state index contributed by atoms with van der Waals surface area (Å²) in [4.78, 5) is 0. The van der Waals surface area contributed by atoms with E-state index in [2.05, 4.69) is 34.6 Å². The monoisotopic (exact) mass is 164 g/mol. The number of rotatable bonds is 1. The van der Waals surface area contributed by atoms with E-state index >= 15 is 0 Å². The highest BCUT2D eigenvalue weighted by molar-refractivity contribution is 7.09. The number of hydrogen-bond acceptors (Lipinski definition) is 0. The Balaban J connectivity index is 3.88. The molecule has 0 spiro atoms. The fraction of sp³-hybridized carbons (Fsp3) is 1.00. The third kappa shape index (κ3) is 3.26. The molecule has 0 aromatic heterocycles. The zero-order valence-corrected chi connectivity index (χ0v) is 8.94. The van der Waals surface area contributed by atoms with Crippen LogP contribution in [0.15, 0.2) is 0 Å². The van der Waals surface area contributed by atoms with E-state index in [0.29, 0.717) is 10.6 Å². The van der Waals surface area contributed by atoms with Gasteiger partial charge in [-0.15, -0.1) is 0 Å². The van der Waals surface area contributed by atoms with Crippen molar-refractivity contribution >= 4 is 19.2 Å². The Morgan fingerprint density at radius 2 is 1.56 bits per heavy atom. The first-order valence-corrected chi connectivity index (χ1v) is 6.48. The summed E-state index contributed by atoms with van der Waals surface area (Å²) in [6.07, 6.45) is 0. The predicted octanol–water partition coefficient (Wildman–Crippen LogP) is 3.16. The molecule has 0 N–H and O–H groups in total. The molecule has 0 radical (unpaired) electrons. The van der Waals surface area contributed by atoms with Crippen LogP contribution >= 0.6 is 11.1 Å². The van der Waals surface area contributed by atoms with Crippen LogP contribution in [0.5, 0.6) is 0 Å². The van der Waals surface area contributed by atoms with E-state index in [1.807, 2.05) is 0 Å². The lowest BCUT2D eigenvalue weighted by molar-refractivity contribution is 0.729. The normalized spacial score (nSPS) is 16.3. The van der Waals surface area contributed by atoms with E-state index in [9.17, 15) is 0 Å². The van der Waals surface area contributed by atoms with Gasteiger partial charge in [-0.05, 0) is 10.6 Å². The van der Waals surface area contributed by atoms with Crippen molar-refractivity contribution in [2.75, 3.05) is 0 Å². The summed E-state index contributed by atoms with van der Waals surface area (Å²) in [6, 6.07) is 0. The van der Waals surface area contributed by atoms with Crippen molar-refractivity contribution < 1.29 is 0 Å². The zero-order chi connectivity index (χ0) is 7.65. The molecule has 0 aromatic rings. The molecular weight excluding hydrogens is 148 g/mol. The molecule has 56 valence electrons. The van der Waals surface area contributed by atoms with E-state index in [1.54, 1.807) is 0 Å². The molecule has 2 heteroatoms. The van der Waals surface area contributed by atoms with E-state index < -0.39 is 8.11 Å². The van der Waals surface area contributed by atoms with Crippen LogP contribution in [-0.2, 0) is 0 Å². The summed E-state index contributed by atoms with van der Waals surface area (Å²) in [5, 5.41) is 0.385. The van der Waals surface area contributed by atoms with Crippen molar-refractivity contribution in [2.45, 2.75) is 45.2 Å². The maximum absolute atomic E-state index is 6.23. The highest BCUT2D eigenvalue weighted by Gasteiger charge is 2.26. The van der Waals surface area contributed by atoms with Crippen molar-refractivity contribution in [1.82, 2.24) is 0 Å². The van der Waals surface area contributed by atoms with Gasteiger partial charge in [-0.1, -0.05) is 34.6 Å². The quantitative estimate of drug-likeness (QED) is 0.413. The first kappa shape index (κ1) is 9.51. The largest absolute Gasteiger partial charge is 0.171 e. The minimum Gasteiger partial charge on any atom is -0.171 e. The Bertz CT molecular complexity index is 83.4. The van der Waals surface area contributed by atoms with Crippen molar-refractivity contribution in [3.63, 3.8) is 0 Å². The highest BCUT2D eigenvalue weighted by Crippen LogP contribution is 2.35. The van der Waals surface area contributed by atoms with Crippen molar-refractivity contribution in [3.8, 4) is 0 Å². The topological polar surface area (TPSA) is 0 Å². The average Bonchev–Trinajstić information content (AvgIpc) is 1.62. The smallest absolute Gasteiger partial charge is 0.148 e. The molecule has 0 saturated carbocycles. The lowest BCUT2D eigenvalue weighted by Crippen LogP contribution is -2.22.